The lowest BCUT2D eigenvalue weighted by molar-refractivity contribution is 1.18. The van der Waals surface area contributed by atoms with Crippen molar-refractivity contribution in [3.05, 3.63) is 77.8 Å². The van der Waals surface area contributed by atoms with Crippen molar-refractivity contribution in [1.82, 2.24) is 15.0 Å². The molecule has 0 fully saturated rings. The quantitative estimate of drug-likeness (QED) is 0.505. The van der Waals surface area contributed by atoms with Crippen LogP contribution in [0.4, 0.5) is 11.5 Å². The smallest absolute Gasteiger partial charge is 0.224 e. The molecule has 0 saturated carbocycles. The normalized spacial score (nSPS) is 10.8. The van der Waals surface area contributed by atoms with Crippen LogP contribution in [-0.4, -0.2) is 15.0 Å². The molecule has 0 unspecified atom stereocenters. The topological polar surface area (TPSA) is 50.7 Å². The van der Waals surface area contributed by atoms with Gasteiger partial charge in [0, 0.05) is 5.69 Å². The molecule has 0 aliphatic rings. The van der Waals surface area contributed by atoms with E-state index in [4.69, 9.17) is 11.6 Å². The Balaban J connectivity index is 1.92. The molecule has 4 aromatic rings. The lowest BCUT2D eigenvalue weighted by Gasteiger charge is -2.13. The van der Waals surface area contributed by atoms with E-state index in [1.54, 1.807) is 6.20 Å². The van der Waals surface area contributed by atoms with Gasteiger partial charge < -0.3 is 5.32 Å². The number of benzene rings is 2. The first-order valence-electron chi connectivity index (χ1n) is 7.92. The summed E-state index contributed by atoms with van der Waals surface area (Å²) in [5.41, 5.74) is 4.76. The first kappa shape index (κ1) is 15.5. The van der Waals surface area contributed by atoms with Gasteiger partial charge in [-0.1, -0.05) is 42.5 Å². The van der Waals surface area contributed by atoms with Gasteiger partial charge in [-0.25, -0.2) is 4.98 Å². The lowest BCUT2D eigenvalue weighted by atomic mass is 10.0. The first-order valence-corrected chi connectivity index (χ1v) is 8.30. The molecule has 25 heavy (non-hydrogen) atoms. The van der Waals surface area contributed by atoms with E-state index in [-0.39, 0.29) is 5.28 Å². The second-order valence-electron chi connectivity index (χ2n) is 5.72. The fourth-order valence-electron chi connectivity index (χ4n) is 2.78. The molecule has 0 aliphatic heterocycles. The van der Waals surface area contributed by atoms with Crippen LogP contribution in [0.1, 0.15) is 5.69 Å². The number of hydrogen-bond acceptors (Lipinski definition) is 4. The minimum absolute atomic E-state index is 0.209. The van der Waals surface area contributed by atoms with Crippen molar-refractivity contribution in [2.75, 3.05) is 5.32 Å². The lowest BCUT2D eigenvalue weighted by Crippen LogP contribution is -1.99. The number of aromatic nitrogens is 3. The molecular weight excluding hydrogens is 332 g/mol. The number of rotatable bonds is 3. The van der Waals surface area contributed by atoms with Crippen LogP contribution in [-0.2, 0) is 0 Å². The Morgan fingerprint density at radius 2 is 1.72 bits per heavy atom. The Hall–Kier alpha value is -2.98. The van der Waals surface area contributed by atoms with Gasteiger partial charge in [-0.15, -0.1) is 0 Å². The molecule has 2 aromatic heterocycles. The van der Waals surface area contributed by atoms with Gasteiger partial charge in [0.2, 0.25) is 5.28 Å². The van der Waals surface area contributed by atoms with Gasteiger partial charge in [-0.05, 0) is 47.9 Å². The standard InChI is InChI=1S/C20H15ClN4/c1-13-10-11-15(12-22-13)23-19-18-16(14-6-3-2-4-7-14)8-5-9-17(18)24-20(21)25-19/h2-12H,1H3,(H,23,24,25). The van der Waals surface area contributed by atoms with Gasteiger partial charge in [0.05, 0.1) is 22.8 Å². The van der Waals surface area contributed by atoms with E-state index in [1.165, 1.54) is 0 Å². The van der Waals surface area contributed by atoms with Crippen molar-refractivity contribution < 1.29 is 0 Å². The van der Waals surface area contributed by atoms with E-state index in [9.17, 15) is 0 Å². The van der Waals surface area contributed by atoms with E-state index >= 15 is 0 Å². The van der Waals surface area contributed by atoms with Gasteiger partial charge in [0.1, 0.15) is 5.82 Å². The summed E-state index contributed by atoms with van der Waals surface area (Å²) >= 11 is 6.14. The highest BCUT2D eigenvalue weighted by molar-refractivity contribution is 6.29. The number of aryl methyl sites for hydroxylation is 1. The Kier molecular flexibility index (Phi) is 4.04. The molecule has 4 nitrogen and oxygen atoms in total. The molecule has 0 amide bonds. The van der Waals surface area contributed by atoms with Crippen molar-refractivity contribution >= 4 is 34.0 Å². The zero-order valence-electron chi connectivity index (χ0n) is 13.6. The van der Waals surface area contributed by atoms with Crippen LogP contribution in [0, 0.1) is 6.92 Å². The van der Waals surface area contributed by atoms with Crippen LogP contribution >= 0.6 is 11.6 Å². The fourth-order valence-corrected chi connectivity index (χ4v) is 2.96. The maximum absolute atomic E-state index is 6.14. The highest BCUT2D eigenvalue weighted by Crippen LogP contribution is 2.34. The van der Waals surface area contributed by atoms with Gasteiger partial charge in [0.25, 0.3) is 0 Å². The molecule has 4 rings (SSSR count). The predicted molar refractivity (Wildman–Crippen MR) is 102 cm³/mol. The SMILES string of the molecule is Cc1ccc(Nc2nc(Cl)nc3cccc(-c4ccccc4)c23)cn1. The first-order chi connectivity index (χ1) is 12.2. The number of pyridine rings is 1. The molecule has 0 spiro atoms. The summed E-state index contributed by atoms with van der Waals surface area (Å²) in [6, 6.07) is 20.1. The Labute approximate surface area is 150 Å². The van der Waals surface area contributed by atoms with E-state index < -0.39 is 0 Å². The second-order valence-corrected chi connectivity index (χ2v) is 6.06. The molecule has 0 saturated heterocycles. The maximum atomic E-state index is 6.14. The maximum Gasteiger partial charge on any atom is 0.224 e. The van der Waals surface area contributed by atoms with Gasteiger partial charge >= 0.3 is 0 Å². The number of halogens is 1. The summed E-state index contributed by atoms with van der Waals surface area (Å²) in [4.78, 5) is 13.1. The minimum atomic E-state index is 0.209. The number of hydrogen-bond donors (Lipinski definition) is 1. The zero-order valence-corrected chi connectivity index (χ0v) is 14.3. The van der Waals surface area contributed by atoms with Crippen molar-refractivity contribution in [2.45, 2.75) is 6.92 Å². The Morgan fingerprint density at radius 3 is 2.48 bits per heavy atom. The Bertz CT molecular complexity index is 1030. The molecule has 1 N–H and O–H groups in total. The van der Waals surface area contributed by atoms with Gasteiger partial charge in [-0.3, -0.25) is 4.98 Å². The molecule has 2 heterocycles. The van der Waals surface area contributed by atoms with E-state index in [0.717, 1.165) is 33.4 Å². The summed E-state index contributed by atoms with van der Waals surface area (Å²) in [5.74, 6) is 0.667. The number of nitrogens with one attached hydrogen (secondary N) is 1. The minimum Gasteiger partial charge on any atom is -0.338 e. The summed E-state index contributed by atoms with van der Waals surface area (Å²) < 4.78 is 0. The van der Waals surface area contributed by atoms with E-state index in [1.807, 2.05) is 49.4 Å². The average Bonchev–Trinajstić information content (AvgIpc) is 2.63. The second kappa shape index (κ2) is 6.49. The summed E-state index contributed by atoms with van der Waals surface area (Å²) in [6.45, 7) is 1.95. The van der Waals surface area contributed by atoms with Crippen molar-refractivity contribution in [3.8, 4) is 11.1 Å². The third-order valence-electron chi connectivity index (χ3n) is 3.95. The van der Waals surface area contributed by atoms with Crippen LogP contribution in [0.25, 0.3) is 22.0 Å². The van der Waals surface area contributed by atoms with Crippen molar-refractivity contribution in [1.29, 1.82) is 0 Å². The molecule has 2 aromatic carbocycles. The summed E-state index contributed by atoms with van der Waals surface area (Å²) in [6.07, 6.45) is 1.78. The highest BCUT2D eigenvalue weighted by Gasteiger charge is 2.12. The number of fused-ring (bicyclic) bond motifs is 1. The highest BCUT2D eigenvalue weighted by atomic mass is 35.5. The zero-order chi connectivity index (χ0) is 17.2. The molecular formula is C20H15ClN4. The molecule has 0 atom stereocenters. The Morgan fingerprint density at radius 1 is 0.880 bits per heavy atom. The molecule has 0 aliphatic carbocycles. The van der Waals surface area contributed by atoms with E-state index in [2.05, 4.69) is 38.5 Å². The fraction of sp³-hybridized carbons (Fsp3) is 0.0500. The number of anilines is 2. The summed E-state index contributed by atoms with van der Waals surface area (Å²) in [7, 11) is 0. The van der Waals surface area contributed by atoms with Crippen LogP contribution < -0.4 is 5.32 Å². The molecule has 5 heteroatoms. The van der Waals surface area contributed by atoms with Crippen molar-refractivity contribution in [2.24, 2.45) is 0 Å². The van der Waals surface area contributed by atoms with Crippen LogP contribution in [0.2, 0.25) is 5.28 Å². The monoisotopic (exact) mass is 346 g/mol. The largest absolute Gasteiger partial charge is 0.338 e. The van der Waals surface area contributed by atoms with Gasteiger partial charge in [-0.2, -0.15) is 4.98 Å². The van der Waals surface area contributed by atoms with Crippen LogP contribution in [0.5, 0.6) is 0 Å². The molecule has 0 radical (unpaired) electrons. The molecule has 122 valence electrons. The predicted octanol–water partition coefficient (Wildman–Crippen LogP) is 5.40. The van der Waals surface area contributed by atoms with Crippen LogP contribution in [0.15, 0.2) is 66.9 Å². The molecule has 0 bridgehead atoms. The number of nitrogens with zero attached hydrogens (tertiary/aromatic N) is 3. The van der Waals surface area contributed by atoms with E-state index in [0.29, 0.717) is 5.82 Å². The van der Waals surface area contributed by atoms with Crippen molar-refractivity contribution in [3.63, 3.8) is 0 Å². The third-order valence-corrected chi connectivity index (χ3v) is 4.12. The van der Waals surface area contributed by atoms with Crippen LogP contribution in [0.3, 0.4) is 0 Å². The average molecular weight is 347 g/mol. The summed E-state index contributed by atoms with van der Waals surface area (Å²) in [5, 5.41) is 4.46. The third kappa shape index (κ3) is 3.16. The van der Waals surface area contributed by atoms with Gasteiger partial charge in [0.15, 0.2) is 0 Å².